The Bertz CT molecular complexity index is 690. The largest absolute Gasteiger partial charge is 0.446 e. The summed E-state index contributed by atoms with van der Waals surface area (Å²) in [7, 11) is 0. The normalized spacial score (nSPS) is 16.9. The Hall–Kier alpha value is -2.27. The standard InChI is InChI=1S/C19H19NO3S/c21-18(14-24-12-11-15-7-3-1-4-8-15)20-17(13-23-19(20)22)16-9-5-2-6-10-16/h1-10,17H,11-14H2/t17-/m1/s1. The van der Waals surface area contributed by atoms with Gasteiger partial charge in [0.25, 0.3) is 0 Å². The van der Waals surface area contributed by atoms with Crippen molar-refractivity contribution in [2.75, 3.05) is 18.1 Å². The van der Waals surface area contributed by atoms with Crippen molar-refractivity contribution in [3.05, 3.63) is 71.8 Å². The van der Waals surface area contributed by atoms with Crippen molar-refractivity contribution >= 4 is 23.8 Å². The van der Waals surface area contributed by atoms with Crippen molar-refractivity contribution in [1.29, 1.82) is 0 Å². The highest BCUT2D eigenvalue weighted by molar-refractivity contribution is 7.99. The summed E-state index contributed by atoms with van der Waals surface area (Å²) in [6.07, 6.45) is 0.364. The molecule has 2 aromatic rings. The van der Waals surface area contributed by atoms with E-state index in [0.29, 0.717) is 0 Å². The molecule has 1 atom stereocenters. The van der Waals surface area contributed by atoms with E-state index in [1.807, 2.05) is 48.5 Å². The zero-order chi connectivity index (χ0) is 16.8. The van der Waals surface area contributed by atoms with E-state index in [0.717, 1.165) is 17.7 Å². The molecule has 0 saturated carbocycles. The molecule has 1 aliphatic rings. The Morgan fingerprint density at radius 3 is 2.46 bits per heavy atom. The number of aryl methyl sites for hydroxylation is 1. The van der Waals surface area contributed by atoms with Gasteiger partial charge in [0, 0.05) is 0 Å². The molecule has 1 fully saturated rings. The molecule has 2 amide bonds. The lowest BCUT2D eigenvalue weighted by Gasteiger charge is -2.19. The zero-order valence-electron chi connectivity index (χ0n) is 13.3. The second kappa shape index (κ2) is 8.02. The van der Waals surface area contributed by atoms with Gasteiger partial charge in [-0.25, -0.2) is 9.69 Å². The Morgan fingerprint density at radius 2 is 1.75 bits per heavy atom. The van der Waals surface area contributed by atoms with Gasteiger partial charge in [0.2, 0.25) is 5.91 Å². The first-order valence-electron chi connectivity index (χ1n) is 7.91. The highest BCUT2D eigenvalue weighted by atomic mass is 32.2. The van der Waals surface area contributed by atoms with E-state index in [2.05, 4.69) is 12.1 Å². The van der Waals surface area contributed by atoms with Crippen molar-refractivity contribution in [2.45, 2.75) is 12.5 Å². The summed E-state index contributed by atoms with van der Waals surface area (Å²) >= 11 is 1.54. The van der Waals surface area contributed by atoms with E-state index in [-0.39, 0.29) is 24.3 Å². The maximum Gasteiger partial charge on any atom is 0.417 e. The fraction of sp³-hybridized carbons (Fsp3) is 0.263. The van der Waals surface area contributed by atoms with Crippen molar-refractivity contribution in [1.82, 2.24) is 4.90 Å². The number of rotatable bonds is 6. The molecule has 1 saturated heterocycles. The Morgan fingerprint density at radius 1 is 1.08 bits per heavy atom. The number of ether oxygens (including phenoxy) is 1. The third-order valence-electron chi connectivity index (χ3n) is 3.93. The summed E-state index contributed by atoms with van der Waals surface area (Å²) in [5.74, 6) is 0.935. The molecule has 0 bridgehead atoms. The predicted molar refractivity (Wildman–Crippen MR) is 94.8 cm³/mol. The van der Waals surface area contributed by atoms with Gasteiger partial charge in [0.05, 0.1) is 5.75 Å². The summed E-state index contributed by atoms with van der Waals surface area (Å²) in [4.78, 5) is 25.6. The monoisotopic (exact) mass is 341 g/mol. The second-order valence-corrected chi connectivity index (χ2v) is 6.66. The van der Waals surface area contributed by atoms with Gasteiger partial charge in [-0.15, -0.1) is 0 Å². The lowest BCUT2D eigenvalue weighted by Crippen LogP contribution is -2.35. The Kier molecular flexibility index (Phi) is 5.54. The van der Waals surface area contributed by atoms with Gasteiger partial charge in [0.15, 0.2) is 0 Å². The highest BCUT2D eigenvalue weighted by Gasteiger charge is 2.38. The van der Waals surface area contributed by atoms with Gasteiger partial charge in [0.1, 0.15) is 12.6 Å². The van der Waals surface area contributed by atoms with Gasteiger partial charge in [-0.05, 0) is 23.3 Å². The molecule has 0 unspecified atom stereocenters. The highest BCUT2D eigenvalue weighted by Crippen LogP contribution is 2.28. The molecule has 3 rings (SSSR count). The summed E-state index contributed by atoms with van der Waals surface area (Å²) in [5, 5.41) is 0. The third-order valence-corrected chi connectivity index (χ3v) is 4.87. The number of amides is 2. The smallest absolute Gasteiger partial charge is 0.417 e. The lowest BCUT2D eigenvalue weighted by atomic mass is 10.1. The molecule has 24 heavy (non-hydrogen) atoms. The second-order valence-electron chi connectivity index (χ2n) is 5.56. The Labute approximate surface area is 145 Å². The van der Waals surface area contributed by atoms with Gasteiger partial charge >= 0.3 is 6.09 Å². The Balaban J connectivity index is 1.54. The first kappa shape index (κ1) is 16.6. The maximum atomic E-state index is 12.5. The van der Waals surface area contributed by atoms with E-state index in [1.54, 1.807) is 11.8 Å². The molecule has 0 radical (unpaired) electrons. The van der Waals surface area contributed by atoms with E-state index < -0.39 is 6.09 Å². The summed E-state index contributed by atoms with van der Waals surface area (Å²) in [6, 6.07) is 19.4. The SMILES string of the molecule is O=C(CSCCc1ccccc1)N1C(=O)OC[C@@H]1c1ccccc1. The van der Waals surface area contributed by atoms with Crippen molar-refractivity contribution in [3.63, 3.8) is 0 Å². The lowest BCUT2D eigenvalue weighted by molar-refractivity contribution is -0.126. The van der Waals surface area contributed by atoms with Crippen LogP contribution in [0.1, 0.15) is 17.2 Å². The van der Waals surface area contributed by atoms with Gasteiger partial charge in [-0.1, -0.05) is 60.7 Å². The zero-order valence-corrected chi connectivity index (χ0v) is 14.1. The quantitative estimate of drug-likeness (QED) is 0.752. The first-order valence-corrected chi connectivity index (χ1v) is 9.06. The molecule has 2 aromatic carbocycles. The van der Waals surface area contributed by atoms with Crippen LogP contribution in [0.15, 0.2) is 60.7 Å². The molecule has 0 N–H and O–H groups in total. The minimum atomic E-state index is -0.544. The van der Waals surface area contributed by atoms with Gasteiger partial charge < -0.3 is 4.74 Å². The average Bonchev–Trinajstić information content (AvgIpc) is 3.02. The average molecular weight is 341 g/mol. The molecule has 5 heteroatoms. The minimum Gasteiger partial charge on any atom is -0.446 e. The van der Waals surface area contributed by atoms with E-state index in [1.165, 1.54) is 10.5 Å². The third kappa shape index (κ3) is 3.97. The van der Waals surface area contributed by atoms with Crippen molar-refractivity contribution < 1.29 is 14.3 Å². The van der Waals surface area contributed by atoms with Crippen molar-refractivity contribution in [2.24, 2.45) is 0 Å². The van der Waals surface area contributed by atoms with Crippen LogP contribution in [0.5, 0.6) is 0 Å². The molecular formula is C19H19NO3S. The van der Waals surface area contributed by atoms with Crippen LogP contribution in [0.3, 0.4) is 0 Å². The molecular weight excluding hydrogens is 322 g/mol. The number of nitrogens with zero attached hydrogens (tertiary/aromatic N) is 1. The van der Waals surface area contributed by atoms with Crippen molar-refractivity contribution in [3.8, 4) is 0 Å². The summed E-state index contributed by atoms with van der Waals surface area (Å²) < 4.78 is 5.09. The predicted octanol–water partition coefficient (Wildman–Crippen LogP) is 3.68. The van der Waals surface area contributed by atoms with Crippen LogP contribution in [-0.4, -0.2) is 35.0 Å². The van der Waals surface area contributed by atoms with Crippen LogP contribution >= 0.6 is 11.8 Å². The van der Waals surface area contributed by atoms with Crippen LogP contribution in [0.4, 0.5) is 4.79 Å². The molecule has 1 heterocycles. The van der Waals surface area contributed by atoms with E-state index in [4.69, 9.17) is 4.74 Å². The number of cyclic esters (lactones) is 1. The first-order chi connectivity index (χ1) is 11.8. The van der Waals surface area contributed by atoms with E-state index in [9.17, 15) is 9.59 Å². The van der Waals surface area contributed by atoms with Crippen LogP contribution < -0.4 is 0 Å². The van der Waals surface area contributed by atoms with Crippen LogP contribution in [0.2, 0.25) is 0 Å². The molecule has 0 aliphatic carbocycles. The fourth-order valence-electron chi connectivity index (χ4n) is 2.68. The minimum absolute atomic E-state index is 0.190. The number of imide groups is 1. The van der Waals surface area contributed by atoms with Gasteiger partial charge in [-0.3, -0.25) is 4.79 Å². The van der Waals surface area contributed by atoms with Crippen LogP contribution in [0.25, 0.3) is 0 Å². The molecule has 0 aromatic heterocycles. The van der Waals surface area contributed by atoms with Gasteiger partial charge in [-0.2, -0.15) is 11.8 Å². The topological polar surface area (TPSA) is 46.6 Å². The number of thioether (sulfide) groups is 1. The van der Waals surface area contributed by atoms with Crippen LogP contribution in [0, 0.1) is 0 Å². The molecule has 0 spiro atoms. The molecule has 1 aliphatic heterocycles. The number of hydrogen-bond donors (Lipinski definition) is 0. The molecule has 124 valence electrons. The number of carbonyl (C=O) groups excluding carboxylic acids is 2. The maximum absolute atomic E-state index is 12.5. The number of carbonyl (C=O) groups is 2. The fourth-order valence-corrected chi connectivity index (χ4v) is 3.52. The summed E-state index contributed by atoms with van der Waals surface area (Å²) in [5.41, 5.74) is 2.17. The number of hydrogen-bond acceptors (Lipinski definition) is 4. The number of benzene rings is 2. The van der Waals surface area contributed by atoms with Crippen LogP contribution in [-0.2, 0) is 16.0 Å². The summed E-state index contributed by atoms with van der Waals surface area (Å²) in [6.45, 7) is 0.225. The molecule has 4 nitrogen and oxygen atoms in total. The van der Waals surface area contributed by atoms with E-state index >= 15 is 0 Å².